The number of unbranched alkanes of at least 4 members (excludes halogenated alkanes) is 2. The number of hydrogen-bond donors (Lipinski definition) is 1. The van der Waals surface area contributed by atoms with Crippen molar-refractivity contribution < 1.29 is 8.42 Å². The highest BCUT2D eigenvalue weighted by Gasteiger charge is 2.28. The molecule has 6 heteroatoms. The molecule has 3 rings (SSSR count). The van der Waals surface area contributed by atoms with Crippen molar-refractivity contribution in [1.29, 1.82) is 0 Å². The van der Waals surface area contributed by atoms with E-state index >= 15 is 0 Å². The maximum absolute atomic E-state index is 12.9. The molecule has 1 saturated heterocycles. The van der Waals surface area contributed by atoms with Crippen LogP contribution in [0.3, 0.4) is 0 Å². The fourth-order valence-corrected chi connectivity index (χ4v) is 4.84. The first-order chi connectivity index (χ1) is 11.1. The van der Waals surface area contributed by atoms with Crippen molar-refractivity contribution in [3.63, 3.8) is 0 Å². The summed E-state index contributed by atoms with van der Waals surface area (Å²) in [6, 6.07) is 5.39. The van der Waals surface area contributed by atoms with Gasteiger partial charge in [-0.1, -0.05) is 32.3 Å². The lowest BCUT2D eigenvalue weighted by Gasteiger charge is -2.25. The summed E-state index contributed by atoms with van der Waals surface area (Å²) < 4.78 is 27.5. The van der Waals surface area contributed by atoms with Gasteiger partial charge in [-0.3, -0.25) is 0 Å². The lowest BCUT2D eigenvalue weighted by atomic mass is 10.2. The van der Waals surface area contributed by atoms with Crippen LogP contribution in [0.4, 0.5) is 0 Å². The second kappa shape index (κ2) is 7.01. The van der Waals surface area contributed by atoms with E-state index < -0.39 is 10.0 Å². The van der Waals surface area contributed by atoms with Gasteiger partial charge in [-0.15, -0.1) is 0 Å². The van der Waals surface area contributed by atoms with E-state index in [1.807, 2.05) is 6.07 Å². The summed E-state index contributed by atoms with van der Waals surface area (Å²) in [5, 5.41) is 0. The Morgan fingerprint density at radius 1 is 1.17 bits per heavy atom. The molecule has 5 nitrogen and oxygen atoms in total. The number of nitrogens with zero attached hydrogens (tertiary/aromatic N) is 2. The number of piperidine rings is 1. The van der Waals surface area contributed by atoms with Gasteiger partial charge in [0.25, 0.3) is 0 Å². The average Bonchev–Trinajstić information content (AvgIpc) is 2.98. The first kappa shape index (κ1) is 16.5. The largest absolute Gasteiger partial charge is 0.342 e. The Kier molecular flexibility index (Phi) is 5.02. The van der Waals surface area contributed by atoms with Gasteiger partial charge in [-0.25, -0.2) is 13.4 Å². The van der Waals surface area contributed by atoms with Crippen molar-refractivity contribution in [2.75, 3.05) is 13.1 Å². The fourth-order valence-electron chi connectivity index (χ4n) is 3.17. The lowest BCUT2D eigenvalue weighted by Crippen LogP contribution is -2.35. The van der Waals surface area contributed by atoms with Gasteiger partial charge in [0.2, 0.25) is 10.0 Å². The summed E-state index contributed by atoms with van der Waals surface area (Å²) in [6.45, 7) is 3.40. The van der Waals surface area contributed by atoms with E-state index in [1.165, 1.54) is 0 Å². The third-order valence-corrected chi connectivity index (χ3v) is 6.40. The number of rotatable bonds is 6. The molecule has 23 heavy (non-hydrogen) atoms. The highest BCUT2D eigenvalue weighted by molar-refractivity contribution is 7.89. The quantitative estimate of drug-likeness (QED) is 0.822. The first-order valence-corrected chi connectivity index (χ1v) is 10.0. The summed E-state index contributed by atoms with van der Waals surface area (Å²) >= 11 is 0. The number of imidazole rings is 1. The Balaban J connectivity index is 1.93. The molecule has 0 radical (unpaired) electrons. The molecule has 126 valence electrons. The van der Waals surface area contributed by atoms with Crippen LogP contribution in [-0.4, -0.2) is 35.8 Å². The normalized spacial score (nSPS) is 16.9. The minimum absolute atomic E-state index is 0.342. The number of benzene rings is 1. The standard InChI is InChI=1S/C17H25N3O2S/c1-2-3-5-11-16-18-14-9-8-10-15(17(14)19-16)23(21,22)20-12-6-4-7-13-20/h8-10H,2-7,11-13H2,1H3,(H,18,19). The van der Waals surface area contributed by atoms with Crippen LogP contribution >= 0.6 is 0 Å². The lowest BCUT2D eigenvalue weighted by molar-refractivity contribution is 0.347. The van der Waals surface area contributed by atoms with Gasteiger partial charge in [0.05, 0.1) is 5.52 Å². The Morgan fingerprint density at radius 2 is 1.96 bits per heavy atom. The van der Waals surface area contributed by atoms with Crippen molar-refractivity contribution in [2.24, 2.45) is 0 Å². The summed E-state index contributed by atoms with van der Waals surface area (Å²) in [4.78, 5) is 8.20. The van der Waals surface area contributed by atoms with E-state index in [0.717, 1.165) is 56.3 Å². The summed E-state index contributed by atoms with van der Waals surface area (Å²) in [5.74, 6) is 0.884. The number of para-hydroxylation sites is 1. The van der Waals surface area contributed by atoms with E-state index in [1.54, 1.807) is 16.4 Å². The van der Waals surface area contributed by atoms with E-state index in [4.69, 9.17) is 0 Å². The zero-order chi connectivity index (χ0) is 16.3. The Labute approximate surface area is 138 Å². The van der Waals surface area contributed by atoms with Crippen molar-refractivity contribution in [3.05, 3.63) is 24.0 Å². The highest BCUT2D eigenvalue weighted by Crippen LogP contribution is 2.26. The molecule has 1 aromatic carbocycles. The molecular formula is C17H25N3O2S. The molecule has 2 heterocycles. The number of aryl methyl sites for hydroxylation is 1. The van der Waals surface area contributed by atoms with Crippen LogP contribution in [0.5, 0.6) is 0 Å². The second-order valence-corrected chi connectivity index (χ2v) is 8.16. The number of sulfonamides is 1. The number of aromatic nitrogens is 2. The Morgan fingerprint density at radius 3 is 2.70 bits per heavy atom. The minimum atomic E-state index is -3.45. The molecule has 1 N–H and O–H groups in total. The van der Waals surface area contributed by atoms with Gasteiger partial charge < -0.3 is 4.98 Å². The first-order valence-electron chi connectivity index (χ1n) is 8.60. The third kappa shape index (κ3) is 3.43. The van der Waals surface area contributed by atoms with Gasteiger partial charge in [-0.05, 0) is 31.4 Å². The zero-order valence-electron chi connectivity index (χ0n) is 13.7. The van der Waals surface area contributed by atoms with Crippen LogP contribution in [0.15, 0.2) is 23.1 Å². The average molecular weight is 335 g/mol. The van der Waals surface area contributed by atoms with Crippen molar-refractivity contribution >= 4 is 21.1 Å². The topological polar surface area (TPSA) is 66.1 Å². The molecule has 0 aliphatic carbocycles. The van der Waals surface area contributed by atoms with Crippen LogP contribution in [0.1, 0.15) is 51.3 Å². The van der Waals surface area contributed by atoms with E-state index in [0.29, 0.717) is 23.5 Å². The maximum atomic E-state index is 12.9. The van der Waals surface area contributed by atoms with Crippen LogP contribution in [-0.2, 0) is 16.4 Å². The smallest absolute Gasteiger partial charge is 0.245 e. The van der Waals surface area contributed by atoms with Crippen LogP contribution in [0, 0.1) is 0 Å². The van der Waals surface area contributed by atoms with E-state index in [-0.39, 0.29) is 0 Å². The van der Waals surface area contributed by atoms with E-state index in [2.05, 4.69) is 16.9 Å². The molecule has 0 atom stereocenters. The molecule has 1 aliphatic heterocycles. The molecule has 0 unspecified atom stereocenters. The van der Waals surface area contributed by atoms with E-state index in [9.17, 15) is 8.42 Å². The predicted molar refractivity (Wildman–Crippen MR) is 91.9 cm³/mol. The molecule has 0 saturated carbocycles. The zero-order valence-corrected chi connectivity index (χ0v) is 14.5. The monoisotopic (exact) mass is 335 g/mol. The molecule has 1 fully saturated rings. The van der Waals surface area contributed by atoms with Gasteiger partial charge in [-0.2, -0.15) is 4.31 Å². The van der Waals surface area contributed by atoms with Gasteiger partial charge in [0, 0.05) is 19.5 Å². The molecule has 1 aliphatic rings. The predicted octanol–water partition coefficient (Wildman–Crippen LogP) is 3.47. The summed E-state index contributed by atoms with van der Waals surface area (Å²) in [5.41, 5.74) is 1.40. The van der Waals surface area contributed by atoms with Crippen LogP contribution < -0.4 is 0 Å². The molecule has 0 bridgehead atoms. The summed E-state index contributed by atoms with van der Waals surface area (Å²) in [6.07, 6.45) is 7.26. The fraction of sp³-hybridized carbons (Fsp3) is 0.588. The number of hydrogen-bond acceptors (Lipinski definition) is 3. The summed E-state index contributed by atoms with van der Waals surface area (Å²) in [7, 11) is -3.45. The highest BCUT2D eigenvalue weighted by atomic mass is 32.2. The number of H-pyrrole nitrogens is 1. The second-order valence-electron chi connectivity index (χ2n) is 6.26. The van der Waals surface area contributed by atoms with Gasteiger partial charge >= 0.3 is 0 Å². The van der Waals surface area contributed by atoms with Gasteiger partial charge in [0.15, 0.2) is 0 Å². The molecule has 0 amide bonds. The maximum Gasteiger partial charge on any atom is 0.245 e. The number of nitrogens with one attached hydrogen (secondary N) is 1. The Hall–Kier alpha value is -1.40. The Bertz CT molecular complexity index is 761. The minimum Gasteiger partial charge on any atom is -0.342 e. The van der Waals surface area contributed by atoms with Gasteiger partial charge in [0.1, 0.15) is 16.2 Å². The van der Waals surface area contributed by atoms with Crippen molar-refractivity contribution in [1.82, 2.24) is 14.3 Å². The molecular weight excluding hydrogens is 310 g/mol. The molecule has 0 spiro atoms. The van der Waals surface area contributed by atoms with Crippen LogP contribution in [0.25, 0.3) is 11.0 Å². The number of aromatic amines is 1. The molecule has 1 aromatic heterocycles. The van der Waals surface area contributed by atoms with Crippen LogP contribution in [0.2, 0.25) is 0 Å². The molecule has 2 aromatic rings. The van der Waals surface area contributed by atoms with Crippen molar-refractivity contribution in [2.45, 2.75) is 56.8 Å². The SMILES string of the molecule is CCCCCc1nc2c(S(=O)(=O)N3CCCCC3)cccc2[nH]1. The number of fused-ring (bicyclic) bond motifs is 1. The third-order valence-electron chi connectivity index (χ3n) is 4.47. The van der Waals surface area contributed by atoms with Crippen molar-refractivity contribution in [3.8, 4) is 0 Å².